The second kappa shape index (κ2) is 5.13. The minimum absolute atomic E-state index is 0.468. The summed E-state index contributed by atoms with van der Waals surface area (Å²) >= 11 is 12.1. The van der Waals surface area contributed by atoms with E-state index in [2.05, 4.69) is 9.97 Å². The van der Waals surface area contributed by atoms with Crippen molar-refractivity contribution in [1.29, 1.82) is 0 Å². The van der Waals surface area contributed by atoms with E-state index in [0.29, 0.717) is 22.4 Å². The first kappa shape index (κ1) is 14.6. The zero-order chi connectivity index (χ0) is 15.1. The molecule has 21 heavy (non-hydrogen) atoms. The maximum absolute atomic E-state index is 6.18. The lowest BCUT2D eigenvalue weighted by atomic mass is 9.86. The largest absolute Gasteiger partial charge is 0.483 e. The van der Waals surface area contributed by atoms with Gasteiger partial charge in [0, 0.05) is 23.0 Å². The Hall–Kier alpha value is -1.36. The average Bonchev–Trinajstić information content (AvgIpc) is 3.25. The number of ether oxygens (including phenoxy) is 2. The standard InChI is InChI=1S/C15H14Cl2N2O2/c1-14(2,21-13-4-3-11(16)5-12(13)17)15(8-20-15)10-6-18-9-19-7-10/h3-7,9H,8H2,1-2H3. The number of aromatic nitrogens is 2. The summed E-state index contributed by atoms with van der Waals surface area (Å²) in [6, 6.07) is 5.15. The van der Waals surface area contributed by atoms with Gasteiger partial charge in [0.25, 0.3) is 0 Å². The summed E-state index contributed by atoms with van der Waals surface area (Å²) < 4.78 is 11.8. The van der Waals surface area contributed by atoms with E-state index >= 15 is 0 Å². The van der Waals surface area contributed by atoms with E-state index < -0.39 is 11.2 Å². The predicted octanol–water partition coefficient (Wildman–Crippen LogP) is 3.87. The lowest BCUT2D eigenvalue weighted by Crippen LogP contribution is -2.43. The van der Waals surface area contributed by atoms with Crippen molar-refractivity contribution in [1.82, 2.24) is 9.97 Å². The summed E-state index contributed by atoms with van der Waals surface area (Å²) in [7, 11) is 0. The van der Waals surface area contributed by atoms with Crippen LogP contribution in [0.3, 0.4) is 0 Å². The number of epoxide rings is 1. The summed E-state index contributed by atoms with van der Waals surface area (Å²) in [5.41, 5.74) is -0.299. The zero-order valence-corrected chi connectivity index (χ0v) is 13.1. The van der Waals surface area contributed by atoms with E-state index in [1.165, 1.54) is 6.33 Å². The van der Waals surface area contributed by atoms with E-state index in [-0.39, 0.29) is 0 Å². The van der Waals surface area contributed by atoms with Crippen LogP contribution in [0, 0.1) is 0 Å². The topological polar surface area (TPSA) is 47.5 Å². The maximum Gasteiger partial charge on any atom is 0.158 e. The molecule has 0 spiro atoms. The molecule has 4 nitrogen and oxygen atoms in total. The first-order chi connectivity index (χ1) is 9.95. The van der Waals surface area contributed by atoms with Crippen LogP contribution in [0.5, 0.6) is 5.75 Å². The van der Waals surface area contributed by atoms with Crippen molar-refractivity contribution < 1.29 is 9.47 Å². The predicted molar refractivity (Wildman–Crippen MR) is 80.8 cm³/mol. The molecule has 2 aromatic rings. The molecule has 1 aromatic heterocycles. The second-order valence-electron chi connectivity index (χ2n) is 5.43. The lowest BCUT2D eigenvalue weighted by Gasteiger charge is -2.33. The van der Waals surface area contributed by atoms with Crippen LogP contribution >= 0.6 is 23.2 Å². The van der Waals surface area contributed by atoms with Crippen LogP contribution in [0.15, 0.2) is 36.9 Å². The monoisotopic (exact) mass is 324 g/mol. The highest BCUT2D eigenvalue weighted by Crippen LogP contribution is 2.49. The third-order valence-electron chi connectivity index (χ3n) is 3.69. The molecule has 1 unspecified atom stereocenters. The number of nitrogens with zero attached hydrogens (tertiary/aromatic N) is 2. The molecule has 1 atom stereocenters. The van der Waals surface area contributed by atoms with Crippen molar-refractivity contribution in [3.05, 3.63) is 52.5 Å². The quantitative estimate of drug-likeness (QED) is 0.801. The molecule has 0 radical (unpaired) electrons. The fourth-order valence-electron chi connectivity index (χ4n) is 2.36. The molecule has 0 bridgehead atoms. The van der Waals surface area contributed by atoms with Crippen molar-refractivity contribution >= 4 is 23.2 Å². The van der Waals surface area contributed by atoms with E-state index in [1.54, 1.807) is 30.6 Å². The first-order valence-corrected chi connectivity index (χ1v) is 7.24. The van der Waals surface area contributed by atoms with Crippen LogP contribution < -0.4 is 4.74 Å². The molecule has 0 amide bonds. The maximum atomic E-state index is 6.18. The first-order valence-electron chi connectivity index (χ1n) is 6.48. The Balaban J connectivity index is 1.90. The second-order valence-corrected chi connectivity index (χ2v) is 6.27. The van der Waals surface area contributed by atoms with Gasteiger partial charge in [-0.2, -0.15) is 0 Å². The van der Waals surface area contributed by atoms with Crippen LogP contribution in [0.2, 0.25) is 10.0 Å². The minimum Gasteiger partial charge on any atom is -0.483 e. The van der Waals surface area contributed by atoms with E-state index in [9.17, 15) is 0 Å². The minimum atomic E-state index is -0.630. The lowest BCUT2D eigenvalue weighted by molar-refractivity contribution is 0.0151. The van der Waals surface area contributed by atoms with Crippen molar-refractivity contribution in [2.45, 2.75) is 25.0 Å². The molecule has 1 saturated heterocycles. The number of rotatable bonds is 4. The van der Waals surface area contributed by atoms with Gasteiger partial charge in [-0.3, -0.25) is 0 Å². The van der Waals surface area contributed by atoms with Gasteiger partial charge in [0.1, 0.15) is 17.7 Å². The van der Waals surface area contributed by atoms with Crippen LogP contribution in [-0.2, 0) is 10.3 Å². The van der Waals surface area contributed by atoms with Gasteiger partial charge in [-0.15, -0.1) is 0 Å². The Bertz CT molecular complexity index is 658. The van der Waals surface area contributed by atoms with Crippen molar-refractivity contribution in [2.75, 3.05) is 6.61 Å². The van der Waals surface area contributed by atoms with Crippen molar-refractivity contribution in [3.8, 4) is 5.75 Å². The molecule has 1 aromatic carbocycles. The molecular weight excluding hydrogens is 311 g/mol. The number of hydrogen-bond acceptors (Lipinski definition) is 4. The third-order valence-corrected chi connectivity index (χ3v) is 4.22. The van der Waals surface area contributed by atoms with Gasteiger partial charge >= 0.3 is 0 Å². The van der Waals surface area contributed by atoms with Crippen molar-refractivity contribution in [3.63, 3.8) is 0 Å². The van der Waals surface area contributed by atoms with E-state index in [4.69, 9.17) is 32.7 Å². The molecule has 1 aliphatic rings. The molecule has 2 heterocycles. The summed E-state index contributed by atoms with van der Waals surface area (Å²) in [6.07, 6.45) is 4.98. The summed E-state index contributed by atoms with van der Waals surface area (Å²) in [5, 5.41) is 1.04. The normalized spacial score (nSPS) is 21.1. The number of halogens is 2. The molecule has 3 rings (SSSR count). The smallest absolute Gasteiger partial charge is 0.158 e. The Labute approximate surface area is 133 Å². The number of benzene rings is 1. The van der Waals surface area contributed by atoms with Crippen LogP contribution in [-0.4, -0.2) is 22.2 Å². The van der Waals surface area contributed by atoms with Crippen LogP contribution in [0.1, 0.15) is 19.4 Å². The number of hydrogen-bond donors (Lipinski definition) is 0. The molecule has 1 fully saturated rings. The van der Waals surface area contributed by atoms with Gasteiger partial charge in [-0.05, 0) is 32.0 Å². The van der Waals surface area contributed by atoms with Gasteiger partial charge in [-0.25, -0.2) is 9.97 Å². The SMILES string of the molecule is CC(C)(Oc1ccc(Cl)cc1Cl)C1(c2cncnc2)CO1. The van der Waals surface area contributed by atoms with Gasteiger partial charge in [0.05, 0.1) is 11.6 Å². The molecule has 0 N–H and O–H groups in total. The van der Waals surface area contributed by atoms with Gasteiger partial charge in [0.15, 0.2) is 5.60 Å². The average molecular weight is 325 g/mol. The summed E-state index contributed by atoms with van der Waals surface area (Å²) in [5.74, 6) is 0.567. The molecule has 1 aliphatic heterocycles. The van der Waals surface area contributed by atoms with Gasteiger partial charge < -0.3 is 9.47 Å². The molecule has 0 saturated carbocycles. The highest BCUT2D eigenvalue weighted by molar-refractivity contribution is 6.35. The summed E-state index contributed by atoms with van der Waals surface area (Å²) in [6.45, 7) is 4.47. The zero-order valence-electron chi connectivity index (χ0n) is 11.6. The molecule has 110 valence electrons. The fraction of sp³-hybridized carbons (Fsp3) is 0.333. The highest BCUT2D eigenvalue weighted by atomic mass is 35.5. The molecule has 6 heteroatoms. The fourth-order valence-corrected chi connectivity index (χ4v) is 2.80. The van der Waals surface area contributed by atoms with Gasteiger partial charge in [0.2, 0.25) is 0 Å². The highest BCUT2D eigenvalue weighted by Gasteiger charge is 2.60. The molecular formula is C15H14Cl2N2O2. The Morgan fingerprint density at radius 1 is 1.24 bits per heavy atom. The summed E-state index contributed by atoms with van der Waals surface area (Å²) in [4.78, 5) is 8.10. The molecule has 0 aliphatic carbocycles. The third kappa shape index (κ3) is 2.59. The Kier molecular flexibility index (Phi) is 3.56. The van der Waals surface area contributed by atoms with Crippen LogP contribution in [0.25, 0.3) is 0 Å². The van der Waals surface area contributed by atoms with Gasteiger partial charge in [-0.1, -0.05) is 23.2 Å². The Morgan fingerprint density at radius 2 is 1.90 bits per heavy atom. The van der Waals surface area contributed by atoms with E-state index in [1.807, 2.05) is 13.8 Å². The Morgan fingerprint density at radius 3 is 2.48 bits per heavy atom. The van der Waals surface area contributed by atoms with E-state index in [0.717, 1.165) is 5.56 Å². The van der Waals surface area contributed by atoms with Crippen molar-refractivity contribution in [2.24, 2.45) is 0 Å². The van der Waals surface area contributed by atoms with Crippen LogP contribution in [0.4, 0.5) is 0 Å².